The molecule has 1 aromatic carbocycles. The van der Waals surface area contributed by atoms with Gasteiger partial charge in [-0.2, -0.15) is 0 Å². The average molecular weight is 467 g/mol. The molecule has 1 amide bonds. The van der Waals surface area contributed by atoms with Crippen molar-refractivity contribution in [3.63, 3.8) is 0 Å². The third-order valence-electron chi connectivity index (χ3n) is 6.06. The fraction of sp³-hybridized carbons (Fsp3) is 0.360. The van der Waals surface area contributed by atoms with E-state index in [-0.39, 0.29) is 18.1 Å². The van der Waals surface area contributed by atoms with E-state index in [1.807, 2.05) is 17.0 Å². The van der Waals surface area contributed by atoms with Crippen LogP contribution in [0, 0.1) is 5.92 Å². The average Bonchev–Trinajstić information content (AvgIpc) is 2.86. The number of fused-ring (bicyclic) bond motifs is 3. The second kappa shape index (κ2) is 10.2. The quantitative estimate of drug-likeness (QED) is 0.449. The van der Waals surface area contributed by atoms with Gasteiger partial charge < -0.3 is 14.4 Å². The summed E-state index contributed by atoms with van der Waals surface area (Å²) >= 11 is 5.90. The van der Waals surface area contributed by atoms with Crippen LogP contribution in [-0.2, 0) is 4.74 Å². The van der Waals surface area contributed by atoms with Crippen molar-refractivity contribution in [3.05, 3.63) is 66.1 Å². The molecule has 2 bridgehead atoms. The molecule has 0 radical (unpaired) electrons. The number of nitrogens with zero attached hydrogens (tertiary/aromatic N) is 4. The van der Waals surface area contributed by atoms with E-state index in [0.29, 0.717) is 46.1 Å². The number of rotatable bonds is 6. The molecule has 1 aliphatic carbocycles. The number of piperidine rings is 2. The third kappa shape index (κ3) is 4.93. The third-order valence-corrected chi connectivity index (χ3v) is 6.16. The summed E-state index contributed by atoms with van der Waals surface area (Å²) in [6.45, 7) is 6.22. The van der Waals surface area contributed by atoms with Crippen LogP contribution in [0.5, 0.6) is 5.75 Å². The fourth-order valence-electron chi connectivity index (χ4n) is 4.62. The van der Waals surface area contributed by atoms with Crippen molar-refractivity contribution < 1.29 is 14.3 Å². The molecule has 2 saturated heterocycles. The Hall–Kier alpha value is -3.19. The Morgan fingerprint density at radius 2 is 2.06 bits per heavy atom. The number of benzene rings is 1. The van der Waals surface area contributed by atoms with Crippen LogP contribution >= 0.6 is 11.6 Å². The Morgan fingerprint density at radius 3 is 2.73 bits per heavy atom. The van der Waals surface area contributed by atoms with E-state index in [1.54, 1.807) is 44.6 Å². The summed E-state index contributed by atoms with van der Waals surface area (Å²) in [4.78, 5) is 28.8. The topological polar surface area (TPSA) is 76.9 Å². The first-order chi connectivity index (χ1) is 16.0. The number of aromatic nitrogens is 2. The smallest absolute Gasteiger partial charge is 0.258 e. The summed E-state index contributed by atoms with van der Waals surface area (Å²) in [5, 5.41) is 0.548. The molecule has 3 unspecified atom stereocenters. The molecule has 172 valence electrons. The van der Waals surface area contributed by atoms with Gasteiger partial charge in [0.15, 0.2) is 5.82 Å². The van der Waals surface area contributed by atoms with Crippen molar-refractivity contribution in [2.75, 3.05) is 13.7 Å². The maximum Gasteiger partial charge on any atom is 0.258 e. The normalized spacial score (nSPS) is 22.8. The number of aliphatic imine (C=N–C) groups is 1. The first-order valence-corrected chi connectivity index (χ1v) is 11.3. The lowest BCUT2D eigenvalue weighted by Gasteiger charge is -2.49. The summed E-state index contributed by atoms with van der Waals surface area (Å²) in [7, 11) is 1.56. The van der Waals surface area contributed by atoms with Crippen LogP contribution in [0.2, 0.25) is 0 Å². The molecule has 1 saturated carbocycles. The lowest BCUT2D eigenvalue weighted by atomic mass is 9.77. The van der Waals surface area contributed by atoms with Crippen molar-refractivity contribution in [1.82, 2.24) is 14.9 Å². The number of methoxy groups -OCH3 is 1. The second-order valence-corrected chi connectivity index (χ2v) is 8.80. The number of allylic oxidation sites excluding steroid dienone is 1. The Kier molecular flexibility index (Phi) is 7.08. The van der Waals surface area contributed by atoms with Gasteiger partial charge in [-0.3, -0.25) is 4.79 Å². The Bertz CT molecular complexity index is 1080. The van der Waals surface area contributed by atoms with Gasteiger partial charge in [0.25, 0.3) is 5.91 Å². The summed E-state index contributed by atoms with van der Waals surface area (Å²) in [5.41, 5.74) is 1.12. The van der Waals surface area contributed by atoms with Gasteiger partial charge in [0.2, 0.25) is 5.90 Å². The lowest BCUT2D eigenvalue weighted by molar-refractivity contribution is -0.0344. The molecule has 0 N–H and O–H groups in total. The van der Waals surface area contributed by atoms with E-state index in [2.05, 4.69) is 21.5 Å². The zero-order chi connectivity index (χ0) is 23.4. The van der Waals surface area contributed by atoms with Crippen LogP contribution in [-0.4, -0.2) is 52.5 Å². The van der Waals surface area contributed by atoms with Crippen LogP contribution in [0.15, 0.2) is 65.5 Å². The first kappa shape index (κ1) is 23.0. The maximum absolute atomic E-state index is 13.9. The largest absolute Gasteiger partial charge is 0.496 e. The molecule has 5 rings (SSSR count). The monoisotopic (exact) mass is 466 g/mol. The molecule has 3 atom stereocenters. The van der Waals surface area contributed by atoms with Gasteiger partial charge in [-0.1, -0.05) is 30.3 Å². The summed E-state index contributed by atoms with van der Waals surface area (Å²) in [6, 6.07) is 7.15. The number of carbonyl (C=O) groups excluding carboxylic acids is 1. The van der Waals surface area contributed by atoms with E-state index in [9.17, 15) is 4.79 Å². The number of hydrogen-bond donors (Lipinski definition) is 0. The van der Waals surface area contributed by atoms with E-state index in [0.717, 1.165) is 19.3 Å². The summed E-state index contributed by atoms with van der Waals surface area (Å²) in [6.07, 6.45) is 9.04. The lowest BCUT2D eigenvalue weighted by Crippen LogP contribution is -2.58. The highest BCUT2D eigenvalue weighted by Crippen LogP contribution is 2.40. The Labute approximate surface area is 198 Å². The van der Waals surface area contributed by atoms with Gasteiger partial charge in [-0.05, 0) is 50.3 Å². The minimum atomic E-state index is -0.173. The van der Waals surface area contributed by atoms with Crippen LogP contribution < -0.4 is 4.74 Å². The standard InChI is InChI=1S/C25H27ClN4O3/c1-4-22(29-14-16(2)26)33-21-13-17-9-10-19(21)30(15-17)25(31)23-18(7-5-8-20(23)32-3)24-27-11-6-12-28-24/h4-8,11-12,14,17,19,21H,1,9-10,13,15H2,2-3H3/b16-14+,29-22?. The first-order valence-electron chi connectivity index (χ1n) is 11.0. The van der Waals surface area contributed by atoms with Gasteiger partial charge in [-0.25, -0.2) is 15.0 Å². The number of carbonyl (C=O) groups is 1. The van der Waals surface area contributed by atoms with Crippen LogP contribution in [0.1, 0.15) is 36.5 Å². The number of halogens is 1. The van der Waals surface area contributed by atoms with Crippen LogP contribution in [0.25, 0.3) is 11.4 Å². The van der Waals surface area contributed by atoms with Gasteiger partial charge in [0.05, 0.1) is 18.7 Å². The van der Waals surface area contributed by atoms with Crippen molar-refractivity contribution in [3.8, 4) is 17.1 Å². The molecule has 33 heavy (non-hydrogen) atoms. The highest BCUT2D eigenvalue weighted by atomic mass is 35.5. The minimum Gasteiger partial charge on any atom is -0.496 e. The predicted octanol–water partition coefficient (Wildman–Crippen LogP) is 4.85. The Balaban J connectivity index is 1.66. The highest BCUT2D eigenvalue weighted by Gasteiger charge is 2.45. The van der Waals surface area contributed by atoms with Crippen molar-refractivity contribution >= 4 is 23.4 Å². The minimum absolute atomic E-state index is 0.0804. The van der Waals surface area contributed by atoms with Gasteiger partial charge >= 0.3 is 0 Å². The van der Waals surface area contributed by atoms with Gasteiger partial charge in [-0.15, -0.1) is 0 Å². The molecule has 8 heteroatoms. The summed E-state index contributed by atoms with van der Waals surface area (Å²) in [5.74, 6) is 1.63. The molecular weight excluding hydrogens is 440 g/mol. The molecule has 7 nitrogen and oxygen atoms in total. The van der Waals surface area contributed by atoms with E-state index in [4.69, 9.17) is 21.1 Å². The number of ether oxygens (including phenoxy) is 2. The number of amides is 1. The zero-order valence-electron chi connectivity index (χ0n) is 18.8. The number of hydrogen-bond acceptors (Lipinski definition) is 6. The maximum atomic E-state index is 13.9. The van der Waals surface area contributed by atoms with Crippen LogP contribution in [0.4, 0.5) is 0 Å². The van der Waals surface area contributed by atoms with Crippen molar-refractivity contribution in [2.24, 2.45) is 10.9 Å². The molecule has 3 fully saturated rings. The molecule has 2 aliphatic heterocycles. The van der Waals surface area contributed by atoms with Crippen molar-refractivity contribution in [1.29, 1.82) is 0 Å². The molecule has 3 heterocycles. The molecule has 3 aliphatic rings. The molecule has 2 aromatic rings. The van der Waals surface area contributed by atoms with E-state index >= 15 is 0 Å². The predicted molar refractivity (Wildman–Crippen MR) is 128 cm³/mol. The summed E-state index contributed by atoms with van der Waals surface area (Å²) < 4.78 is 11.8. The highest BCUT2D eigenvalue weighted by molar-refractivity contribution is 6.29. The van der Waals surface area contributed by atoms with E-state index in [1.165, 1.54) is 6.20 Å². The molecule has 0 spiro atoms. The van der Waals surface area contributed by atoms with Gasteiger partial charge in [0, 0.05) is 35.7 Å². The second-order valence-electron chi connectivity index (χ2n) is 8.20. The zero-order valence-corrected chi connectivity index (χ0v) is 19.5. The Morgan fingerprint density at radius 1 is 1.27 bits per heavy atom. The molecule has 1 aromatic heterocycles. The van der Waals surface area contributed by atoms with Crippen LogP contribution in [0.3, 0.4) is 0 Å². The SMILES string of the molecule is C=CC(=N/C=C(\C)Cl)OC1CC2CCC1N(C(=O)c1c(OC)cccc1-c1ncccn1)C2. The van der Waals surface area contributed by atoms with Gasteiger partial charge in [0.1, 0.15) is 11.9 Å². The van der Waals surface area contributed by atoms with Crippen molar-refractivity contribution in [2.45, 2.75) is 38.3 Å². The molecular formula is C25H27ClN4O3. The fourth-order valence-corrected chi connectivity index (χ4v) is 4.67. The van der Waals surface area contributed by atoms with E-state index < -0.39 is 0 Å².